The Hall–Kier alpha value is -1.43. The highest BCUT2D eigenvalue weighted by Crippen LogP contribution is 2.22. The molecule has 1 amide bonds. The second kappa shape index (κ2) is 5.77. The maximum atomic E-state index is 12.0. The van der Waals surface area contributed by atoms with Crippen LogP contribution in [0.25, 0.3) is 0 Å². The zero-order valence-electron chi connectivity index (χ0n) is 8.50. The number of rotatable bonds is 3. The van der Waals surface area contributed by atoms with E-state index in [9.17, 15) is 18.0 Å². The van der Waals surface area contributed by atoms with Crippen LogP contribution in [0.2, 0.25) is 0 Å². The maximum absolute atomic E-state index is 12.0. The van der Waals surface area contributed by atoms with Gasteiger partial charge in [0.15, 0.2) is 0 Å². The molecule has 1 rings (SSSR count). The van der Waals surface area contributed by atoms with E-state index >= 15 is 0 Å². The zero-order chi connectivity index (χ0) is 12.9. The van der Waals surface area contributed by atoms with Crippen molar-refractivity contribution in [2.75, 3.05) is 0 Å². The van der Waals surface area contributed by atoms with Crippen LogP contribution >= 0.6 is 11.6 Å². The molecule has 1 N–H and O–H groups in total. The van der Waals surface area contributed by atoms with Crippen molar-refractivity contribution < 1.29 is 22.7 Å². The summed E-state index contributed by atoms with van der Waals surface area (Å²) in [5, 5.41) is 1.47. The average molecular weight is 268 g/mol. The number of alkyl halides is 4. The van der Waals surface area contributed by atoms with E-state index in [1.54, 1.807) is 30.3 Å². The van der Waals surface area contributed by atoms with Crippen LogP contribution in [0.4, 0.5) is 18.0 Å². The molecule has 1 aromatic carbocycles. The number of nitrogens with one attached hydrogen (secondary N) is 1. The molecule has 0 aliphatic heterocycles. The number of ether oxygens (including phenoxy) is 1. The Morgan fingerprint density at radius 3 is 2.47 bits per heavy atom. The number of amides is 1. The number of hydrogen-bond acceptors (Lipinski definition) is 2. The first-order valence-electron chi connectivity index (χ1n) is 4.57. The summed E-state index contributed by atoms with van der Waals surface area (Å²) >= 11 is 4.90. The molecule has 0 spiro atoms. The molecule has 1 aromatic rings. The highest BCUT2D eigenvalue weighted by atomic mass is 35.5. The Bertz CT molecular complexity index is 370. The standard InChI is InChI=1S/C10H9ClF3NO2/c11-8(10(12,13)14)15-9(16)17-6-7-4-2-1-3-5-7/h1-5,8H,6H2,(H,15,16)/t8-/m1/s1. The summed E-state index contributed by atoms with van der Waals surface area (Å²) in [6.45, 7) is -0.117. The largest absolute Gasteiger partial charge is 0.445 e. The van der Waals surface area contributed by atoms with Gasteiger partial charge in [-0.2, -0.15) is 13.2 Å². The summed E-state index contributed by atoms with van der Waals surface area (Å²) in [4.78, 5) is 11.0. The van der Waals surface area contributed by atoms with Gasteiger partial charge in [-0.25, -0.2) is 4.79 Å². The van der Waals surface area contributed by atoms with Gasteiger partial charge >= 0.3 is 12.3 Å². The second-order valence-corrected chi connectivity index (χ2v) is 3.55. The van der Waals surface area contributed by atoms with Gasteiger partial charge in [-0.05, 0) is 5.56 Å². The maximum Gasteiger partial charge on any atom is 0.422 e. The zero-order valence-corrected chi connectivity index (χ0v) is 9.26. The molecule has 0 fully saturated rings. The van der Waals surface area contributed by atoms with Crippen LogP contribution in [0, 0.1) is 0 Å². The minimum atomic E-state index is -4.70. The Balaban J connectivity index is 2.36. The van der Waals surface area contributed by atoms with Crippen LogP contribution in [0.15, 0.2) is 30.3 Å². The summed E-state index contributed by atoms with van der Waals surface area (Å²) in [7, 11) is 0. The predicted octanol–water partition coefficient (Wildman–Crippen LogP) is 3.04. The predicted molar refractivity (Wildman–Crippen MR) is 55.5 cm³/mol. The third-order valence-electron chi connectivity index (χ3n) is 1.74. The third-order valence-corrected chi connectivity index (χ3v) is 2.10. The van der Waals surface area contributed by atoms with E-state index in [0.717, 1.165) is 0 Å². The van der Waals surface area contributed by atoms with E-state index in [1.807, 2.05) is 0 Å². The normalized spacial score (nSPS) is 12.9. The van der Waals surface area contributed by atoms with Crippen molar-refractivity contribution in [1.82, 2.24) is 5.32 Å². The topological polar surface area (TPSA) is 38.3 Å². The fraction of sp³-hybridized carbons (Fsp3) is 0.300. The molecule has 0 unspecified atom stereocenters. The molecule has 7 heteroatoms. The number of carbonyl (C=O) groups is 1. The lowest BCUT2D eigenvalue weighted by molar-refractivity contribution is -0.135. The number of benzene rings is 1. The molecule has 0 radical (unpaired) electrons. The molecule has 0 aromatic heterocycles. The summed E-state index contributed by atoms with van der Waals surface area (Å²) in [5.74, 6) is 0. The lowest BCUT2D eigenvalue weighted by Gasteiger charge is -2.14. The van der Waals surface area contributed by atoms with Crippen LogP contribution < -0.4 is 5.32 Å². The number of hydrogen-bond donors (Lipinski definition) is 1. The van der Waals surface area contributed by atoms with Gasteiger partial charge < -0.3 is 4.74 Å². The second-order valence-electron chi connectivity index (χ2n) is 3.11. The number of halogens is 4. The fourth-order valence-corrected chi connectivity index (χ4v) is 1.04. The van der Waals surface area contributed by atoms with E-state index in [4.69, 9.17) is 11.6 Å². The van der Waals surface area contributed by atoms with Gasteiger partial charge in [0.05, 0.1) is 0 Å². The molecule has 1 atom stereocenters. The lowest BCUT2D eigenvalue weighted by Crippen LogP contribution is -2.41. The van der Waals surface area contributed by atoms with Crippen LogP contribution in [0.5, 0.6) is 0 Å². The number of carbonyl (C=O) groups excluding carboxylic acids is 1. The molecule has 0 heterocycles. The van der Waals surface area contributed by atoms with Crippen LogP contribution in [0.1, 0.15) is 5.56 Å². The Labute approximate surface area is 101 Å². The Morgan fingerprint density at radius 1 is 1.35 bits per heavy atom. The van der Waals surface area contributed by atoms with Crippen molar-refractivity contribution in [2.45, 2.75) is 18.3 Å². The molecule has 0 aliphatic carbocycles. The third kappa shape index (κ3) is 4.95. The first kappa shape index (κ1) is 13.6. The highest BCUT2D eigenvalue weighted by molar-refractivity contribution is 6.21. The molecular weight excluding hydrogens is 259 g/mol. The van der Waals surface area contributed by atoms with Gasteiger partial charge in [0.2, 0.25) is 5.50 Å². The van der Waals surface area contributed by atoms with Crippen LogP contribution in [0.3, 0.4) is 0 Å². The lowest BCUT2D eigenvalue weighted by atomic mass is 10.2. The quantitative estimate of drug-likeness (QED) is 0.675. The van der Waals surface area contributed by atoms with Gasteiger partial charge in [-0.1, -0.05) is 41.9 Å². The van der Waals surface area contributed by atoms with Crippen molar-refractivity contribution in [3.05, 3.63) is 35.9 Å². The summed E-state index contributed by atoms with van der Waals surface area (Å²) in [6, 6.07) is 8.56. The first-order chi connectivity index (χ1) is 7.89. The monoisotopic (exact) mass is 267 g/mol. The molecule has 0 aliphatic rings. The minimum absolute atomic E-state index is 0.117. The molecule has 0 saturated carbocycles. The molecule has 0 bridgehead atoms. The fourth-order valence-electron chi connectivity index (χ4n) is 0.950. The molecule has 17 heavy (non-hydrogen) atoms. The molecule has 0 saturated heterocycles. The van der Waals surface area contributed by atoms with E-state index in [0.29, 0.717) is 5.56 Å². The molecule has 3 nitrogen and oxygen atoms in total. The van der Waals surface area contributed by atoms with Crippen LogP contribution in [-0.2, 0) is 11.3 Å². The van der Waals surface area contributed by atoms with E-state index in [1.165, 1.54) is 5.32 Å². The van der Waals surface area contributed by atoms with Crippen molar-refractivity contribution >= 4 is 17.7 Å². The van der Waals surface area contributed by atoms with Crippen molar-refractivity contribution in [3.8, 4) is 0 Å². The average Bonchev–Trinajstić information content (AvgIpc) is 2.26. The first-order valence-corrected chi connectivity index (χ1v) is 5.01. The van der Waals surface area contributed by atoms with Gasteiger partial charge in [-0.15, -0.1) is 0 Å². The van der Waals surface area contributed by atoms with Crippen molar-refractivity contribution in [2.24, 2.45) is 0 Å². The van der Waals surface area contributed by atoms with E-state index < -0.39 is 17.8 Å². The number of alkyl carbamates (subject to hydrolysis) is 1. The smallest absolute Gasteiger partial charge is 0.422 e. The van der Waals surface area contributed by atoms with E-state index in [2.05, 4.69) is 4.74 Å². The molecule has 94 valence electrons. The van der Waals surface area contributed by atoms with Gasteiger partial charge in [-0.3, -0.25) is 5.32 Å². The van der Waals surface area contributed by atoms with Crippen molar-refractivity contribution in [3.63, 3.8) is 0 Å². The Morgan fingerprint density at radius 2 is 1.94 bits per heavy atom. The van der Waals surface area contributed by atoms with Gasteiger partial charge in [0.25, 0.3) is 0 Å². The van der Waals surface area contributed by atoms with Crippen LogP contribution in [-0.4, -0.2) is 17.8 Å². The minimum Gasteiger partial charge on any atom is -0.445 e. The summed E-state index contributed by atoms with van der Waals surface area (Å²) in [6.07, 6.45) is -5.92. The van der Waals surface area contributed by atoms with Gasteiger partial charge in [0, 0.05) is 0 Å². The Kier molecular flexibility index (Phi) is 4.62. The molecular formula is C10H9ClF3NO2. The summed E-state index contributed by atoms with van der Waals surface area (Å²) < 4.78 is 40.5. The SMILES string of the molecule is O=C(N[C@@H](Cl)C(F)(F)F)OCc1ccccc1. The van der Waals surface area contributed by atoms with E-state index in [-0.39, 0.29) is 6.61 Å². The summed E-state index contributed by atoms with van der Waals surface area (Å²) in [5.41, 5.74) is -1.79. The van der Waals surface area contributed by atoms with Crippen molar-refractivity contribution in [1.29, 1.82) is 0 Å². The highest BCUT2D eigenvalue weighted by Gasteiger charge is 2.39. The van der Waals surface area contributed by atoms with Gasteiger partial charge in [0.1, 0.15) is 6.61 Å².